The lowest BCUT2D eigenvalue weighted by Gasteiger charge is -2.25. The highest BCUT2D eigenvalue weighted by Gasteiger charge is 2.18. The van der Waals surface area contributed by atoms with Crippen LogP contribution in [0.25, 0.3) is 72.7 Å². The van der Waals surface area contributed by atoms with E-state index in [1.165, 1.54) is 27.4 Å². The molecule has 0 spiro atoms. The smallest absolute Gasteiger partial charge is 0.248 e. The molecule has 2 heterocycles. The van der Waals surface area contributed by atoms with E-state index >= 15 is 0 Å². The van der Waals surface area contributed by atoms with Gasteiger partial charge in [0, 0.05) is 44.6 Å². The first-order valence-electron chi connectivity index (χ1n) is 18.4. The molecule has 0 saturated carbocycles. The van der Waals surface area contributed by atoms with Gasteiger partial charge in [-0.2, -0.15) is 0 Å². The zero-order valence-electron chi connectivity index (χ0n) is 29.8. The largest absolute Gasteiger partial charge is 0.416 e. The van der Waals surface area contributed by atoms with Crippen molar-refractivity contribution in [2.45, 2.75) is 0 Å². The molecule has 10 rings (SSSR count). The van der Waals surface area contributed by atoms with Crippen molar-refractivity contribution in [2.75, 3.05) is 4.90 Å². The number of hydrogen-bond donors (Lipinski definition) is 0. The summed E-state index contributed by atoms with van der Waals surface area (Å²) >= 11 is 0. The van der Waals surface area contributed by atoms with Gasteiger partial charge in [-0.25, -0.2) is 0 Å². The lowest BCUT2D eigenvalue weighted by molar-refractivity contribution is 0.585. The molecule has 0 saturated heterocycles. The number of para-hydroxylation sites is 3. The first kappa shape index (κ1) is 32.2. The van der Waals surface area contributed by atoms with Gasteiger partial charge in [0.2, 0.25) is 11.8 Å². The maximum atomic E-state index is 6.28. The van der Waals surface area contributed by atoms with Crippen molar-refractivity contribution in [2.24, 2.45) is 0 Å². The molecule has 0 unspecified atom stereocenters. The van der Waals surface area contributed by atoms with Crippen LogP contribution in [0.1, 0.15) is 0 Å². The predicted molar refractivity (Wildman–Crippen MR) is 225 cm³/mol. The summed E-state index contributed by atoms with van der Waals surface area (Å²) in [5.41, 5.74) is 12.9. The molecule has 260 valence electrons. The fourth-order valence-electron chi connectivity index (χ4n) is 7.58. The van der Waals surface area contributed by atoms with Crippen molar-refractivity contribution >= 4 is 38.9 Å². The maximum absolute atomic E-state index is 6.28. The van der Waals surface area contributed by atoms with Crippen molar-refractivity contribution in [3.8, 4) is 50.8 Å². The van der Waals surface area contributed by atoms with E-state index < -0.39 is 0 Å². The number of hydrogen-bond acceptors (Lipinski definition) is 4. The molecule has 8 aromatic carbocycles. The third-order valence-corrected chi connectivity index (χ3v) is 10.2. The van der Waals surface area contributed by atoms with Crippen molar-refractivity contribution < 1.29 is 4.42 Å². The Balaban J connectivity index is 0.967. The van der Waals surface area contributed by atoms with E-state index in [1.54, 1.807) is 0 Å². The Hall–Kier alpha value is -7.50. The van der Waals surface area contributed by atoms with Crippen LogP contribution >= 0.6 is 0 Å². The summed E-state index contributed by atoms with van der Waals surface area (Å²) in [6.45, 7) is 0. The van der Waals surface area contributed by atoms with E-state index in [1.807, 2.05) is 54.6 Å². The minimum atomic E-state index is 0.476. The lowest BCUT2D eigenvalue weighted by atomic mass is 10.00. The topological polar surface area (TPSA) is 47.1 Å². The Morgan fingerprint density at radius 2 is 0.891 bits per heavy atom. The van der Waals surface area contributed by atoms with Gasteiger partial charge >= 0.3 is 0 Å². The minimum absolute atomic E-state index is 0.476. The number of fused-ring (bicyclic) bond motifs is 3. The summed E-state index contributed by atoms with van der Waals surface area (Å²) in [4.78, 5) is 2.26. The highest BCUT2D eigenvalue weighted by atomic mass is 16.4. The third kappa shape index (κ3) is 5.94. The van der Waals surface area contributed by atoms with Gasteiger partial charge in [0.25, 0.3) is 0 Å². The summed E-state index contributed by atoms with van der Waals surface area (Å²) in [5, 5.41) is 11.4. The molecule has 0 N–H and O–H groups in total. The molecule has 0 amide bonds. The molecule has 5 nitrogen and oxygen atoms in total. The van der Waals surface area contributed by atoms with Crippen molar-refractivity contribution in [1.82, 2.24) is 14.8 Å². The molecule has 0 atom stereocenters. The standard InChI is InChI=1S/C50H34N4O/c1-4-14-36(15-5-1)43-20-10-11-22-45(43)50-52-51-49(55-50)37-26-31-42(32-27-37)53(39-16-6-2-7-17-39)41-29-24-35(25-30-41)38-28-33-48-46(34-38)44-21-12-13-23-47(44)54(48)40-18-8-3-9-19-40/h1-34H. The van der Waals surface area contributed by atoms with E-state index in [-0.39, 0.29) is 0 Å². The van der Waals surface area contributed by atoms with Crippen LogP contribution in [0.3, 0.4) is 0 Å². The second-order valence-electron chi connectivity index (χ2n) is 13.5. The Bertz CT molecular complexity index is 2900. The molecule has 5 heteroatoms. The van der Waals surface area contributed by atoms with Gasteiger partial charge in [-0.15, -0.1) is 10.2 Å². The van der Waals surface area contributed by atoms with Crippen LogP contribution in [0, 0.1) is 0 Å². The second-order valence-corrected chi connectivity index (χ2v) is 13.5. The maximum Gasteiger partial charge on any atom is 0.248 e. The lowest BCUT2D eigenvalue weighted by Crippen LogP contribution is -2.09. The van der Waals surface area contributed by atoms with Crippen LogP contribution in [-0.2, 0) is 0 Å². The zero-order chi connectivity index (χ0) is 36.6. The molecule has 0 aliphatic rings. The SMILES string of the molecule is c1ccc(-c2ccccc2-c2nnc(-c3ccc(N(c4ccccc4)c4ccc(-c5ccc6c(c5)c5ccccc5n6-c5ccccc5)cc4)cc3)o2)cc1. The van der Waals surface area contributed by atoms with Gasteiger partial charge in [0.15, 0.2) is 0 Å². The summed E-state index contributed by atoms with van der Waals surface area (Å²) in [6, 6.07) is 72.0. The van der Waals surface area contributed by atoms with Gasteiger partial charge in [0.05, 0.1) is 11.0 Å². The molecule has 55 heavy (non-hydrogen) atoms. The summed E-state index contributed by atoms with van der Waals surface area (Å²) in [7, 11) is 0. The van der Waals surface area contributed by atoms with Gasteiger partial charge in [-0.1, -0.05) is 121 Å². The molecule has 10 aromatic rings. The fourth-order valence-corrected chi connectivity index (χ4v) is 7.58. The summed E-state index contributed by atoms with van der Waals surface area (Å²) in [6.07, 6.45) is 0. The van der Waals surface area contributed by atoms with Crippen LogP contribution in [0.4, 0.5) is 17.1 Å². The molecule has 0 bridgehead atoms. The number of nitrogens with zero attached hydrogens (tertiary/aromatic N) is 4. The monoisotopic (exact) mass is 706 g/mol. The molecular weight excluding hydrogens is 673 g/mol. The highest BCUT2D eigenvalue weighted by molar-refractivity contribution is 6.10. The normalized spacial score (nSPS) is 11.3. The van der Waals surface area contributed by atoms with Crippen molar-refractivity contribution in [1.29, 1.82) is 0 Å². The average Bonchev–Trinajstić information content (AvgIpc) is 3.89. The number of anilines is 3. The Morgan fingerprint density at radius 1 is 0.364 bits per heavy atom. The summed E-state index contributed by atoms with van der Waals surface area (Å²) < 4.78 is 8.63. The molecule has 0 radical (unpaired) electrons. The Labute approximate surface area is 319 Å². The van der Waals surface area contributed by atoms with Crippen LogP contribution in [-0.4, -0.2) is 14.8 Å². The van der Waals surface area contributed by atoms with Gasteiger partial charge in [0.1, 0.15) is 0 Å². The second kappa shape index (κ2) is 13.8. The molecular formula is C50H34N4O. The van der Waals surface area contributed by atoms with Crippen molar-refractivity contribution in [3.63, 3.8) is 0 Å². The van der Waals surface area contributed by atoms with Crippen LogP contribution in [0.2, 0.25) is 0 Å². The van der Waals surface area contributed by atoms with Gasteiger partial charge < -0.3 is 13.9 Å². The Kier molecular flexibility index (Phi) is 8.08. The number of benzene rings is 8. The molecule has 2 aromatic heterocycles. The fraction of sp³-hybridized carbons (Fsp3) is 0. The van der Waals surface area contributed by atoms with Crippen molar-refractivity contribution in [3.05, 3.63) is 206 Å². The first-order chi connectivity index (χ1) is 27.3. The van der Waals surface area contributed by atoms with Crippen LogP contribution in [0.5, 0.6) is 0 Å². The van der Waals surface area contributed by atoms with E-state index in [0.717, 1.165) is 50.6 Å². The quantitative estimate of drug-likeness (QED) is 0.158. The van der Waals surface area contributed by atoms with E-state index in [4.69, 9.17) is 4.42 Å². The van der Waals surface area contributed by atoms with Crippen LogP contribution in [0.15, 0.2) is 211 Å². The molecule has 0 fully saturated rings. The minimum Gasteiger partial charge on any atom is -0.416 e. The number of aromatic nitrogens is 3. The van der Waals surface area contributed by atoms with E-state index in [9.17, 15) is 0 Å². The van der Waals surface area contributed by atoms with Gasteiger partial charge in [-0.3, -0.25) is 0 Å². The van der Waals surface area contributed by atoms with Crippen LogP contribution < -0.4 is 4.90 Å². The van der Waals surface area contributed by atoms with E-state index in [2.05, 4.69) is 171 Å². The predicted octanol–water partition coefficient (Wildman–Crippen LogP) is 13.3. The van der Waals surface area contributed by atoms with E-state index in [0.29, 0.717) is 11.8 Å². The molecule has 0 aliphatic heterocycles. The Morgan fingerprint density at radius 3 is 1.62 bits per heavy atom. The zero-order valence-corrected chi connectivity index (χ0v) is 29.8. The average molecular weight is 707 g/mol. The number of rotatable bonds is 8. The highest BCUT2D eigenvalue weighted by Crippen LogP contribution is 2.39. The summed E-state index contributed by atoms with van der Waals surface area (Å²) in [5.74, 6) is 0.967. The molecule has 0 aliphatic carbocycles. The first-order valence-corrected chi connectivity index (χ1v) is 18.4. The third-order valence-electron chi connectivity index (χ3n) is 10.2. The van der Waals surface area contributed by atoms with Gasteiger partial charge in [-0.05, 0) is 107 Å².